The first-order valence-corrected chi connectivity index (χ1v) is 10.9. The van der Waals surface area contributed by atoms with Crippen LogP contribution in [-0.2, 0) is 0 Å². The van der Waals surface area contributed by atoms with Gasteiger partial charge in [0.1, 0.15) is 5.82 Å². The van der Waals surface area contributed by atoms with Crippen LogP contribution in [0.1, 0.15) is 63.9 Å². The zero-order chi connectivity index (χ0) is 17.8. The number of aryl methyl sites for hydroxylation is 1. The zero-order valence-electron chi connectivity index (χ0n) is 16.6. The maximum atomic E-state index is 4.52. The fourth-order valence-electron chi connectivity index (χ4n) is 7.59. The van der Waals surface area contributed by atoms with Crippen LogP contribution in [0.4, 0.5) is 5.82 Å². The molecule has 1 aromatic heterocycles. The van der Waals surface area contributed by atoms with Crippen molar-refractivity contribution >= 4 is 5.82 Å². The SMILES string of the molecule is Cc1ccc(NC2CCN(CC34CC5CC(CC(C)(C5)C3)C4)CC2)nc1. The highest BCUT2D eigenvalue weighted by atomic mass is 15.2. The van der Waals surface area contributed by atoms with Gasteiger partial charge in [0.2, 0.25) is 0 Å². The molecule has 3 nitrogen and oxygen atoms in total. The number of nitrogens with zero attached hydrogens (tertiary/aromatic N) is 2. The van der Waals surface area contributed by atoms with Crippen LogP contribution in [-0.4, -0.2) is 35.6 Å². The smallest absolute Gasteiger partial charge is 0.126 e. The standard InChI is InChI=1S/C23H35N3/c1-17-3-4-21(24-14-17)25-20-5-7-26(8-6-20)16-23-12-18-9-19(13-23)11-22(2,10-18)15-23/h3-4,14,18-20H,5-13,15-16H2,1-2H3,(H,24,25). The van der Waals surface area contributed by atoms with E-state index < -0.39 is 0 Å². The topological polar surface area (TPSA) is 28.2 Å². The molecule has 0 amide bonds. The monoisotopic (exact) mass is 353 g/mol. The van der Waals surface area contributed by atoms with Crippen molar-refractivity contribution in [3.8, 4) is 0 Å². The Kier molecular flexibility index (Phi) is 4.08. The van der Waals surface area contributed by atoms with Gasteiger partial charge in [-0.25, -0.2) is 4.98 Å². The lowest BCUT2D eigenvalue weighted by Gasteiger charge is -2.62. The average molecular weight is 354 g/mol. The van der Waals surface area contributed by atoms with E-state index in [0.29, 0.717) is 16.9 Å². The Labute approximate surface area is 159 Å². The molecule has 4 saturated carbocycles. The second-order valence-electron chi connectivity index (χ2n) is 10.7. The number of pyridine rings is 1. The number of aromatic nitrogens is 1. The molecule has 2 atom stereocenters. The van der Waals surface area contributed by atoms with Crippen LogP contribution in [0.15, 0.2) is 18.3 Å². The van der Waals surface area contributed by atoms with Crippen LogP contribution in [0.5, 0.6) is 0 Å². The van der Waals surface area contributed by atoms with Gasteiger partial charge in [-0.15, -0.1) is 0 Å². The maximum Gasteiger partial charge on any atom is 0.126 e. The lowest BCUT2D eigenvalue weighted by atomic mass is 9.44. The molecule has 6 rings (SSSR count). The molecule has 26 heavy (non-hydrogen) atoms. The Bertz CT molecular complexity index is 630. The summed E-state index contributed by atoms with van der Waals surface area (Å²) in [5, 5.41) is 3.66. The first-order chi connectivity index (χ1) is 12.5. The van der Waals surface area contributed by atoms with E-state index in [1.54, 1.807) is 6.42 Å². The van der Waals surface area contributed by atoms with E-state index in [2.05, 4.69) is 41.2 Å². The highest BCUT2D eigenvalue weighted by Crippen LogP contribution is 2.65. The number of hydrogen-bond donors (Lipinski definition) is 1. The molecule has 0 radical (unpaired) electrons. The van der Waals surface area contributed by atoms with Crippen LogP contribution in [0.2, 0.25) is 0 Å². The van der Waals surface area contributed by atoms with Crippen LogP contribution < -0.4 is 5.32 Å². The number of piperidine rings is 1. The maximum absolute atomic E-state index is 4.52. The largest absolute Gasteiger partial charge is 0.367 e. The Hall–Kier alpha value is -1.09. The fraction of sp³-hybridized carbons (Fsp3) is 0.783. The fourth-order valence-corrected chi connectivity index (χ4v) is 7.59. The molecular weight excluding hydrogens is 318 g/mol. The second kappa shape index (κ2) is 6.22. The second-order valence-corrected chi connectivity index (χ2v) is 10.7. The van der Waals surface area contributed by atoms with E-state index >= 15 is 0 Å². The summed E-state index contributed by atoms with van der Waals surface area (Å²) in [6, 6.07) is 4.87. The highest BCUT2D eigenvalue weighted by Gasteiger charge is 2.55. The van der Waals surface area contributed by atoms with Crippen LogP contribution in [0.25, 0.3) is 0 Å². The molecule has 0 aromatic carbocycles. The van der Waals surface area contributed by atoms with Crippen molar-refractivity contribution in [2.45, 2.75) is 71.3 Å². The van der Waals surface area contributed by atoms with Gasteiger partial charge >= 0.3 is 0 Å². The predicted molar refractivity (Wildman–Crippen MR) is 107 cm³/mol. The van der Waals surface area contributed by atoms with E-state index in [1.165, 1.54) is 70.1 Å². The minimum absolute atomic E-state index is 0.593. The van der Waals surface area contributed by atoms with Crippen molar-refractivity contribution in [2.75, 3.05) is 25.0 Å². The molecule has 4 bridgehead atoms. The van der Waals surface area contributed by atoms with Gasteiger partial charge in [-0.1, -0.05) is 13.0 Å². The molecule has 142 valence electrons. The van der Waals surface area contributed by atoms with Crippen molar-refractivity contribution < 1.29 is 0 Å². The molecular formula is C23H35N3. The predicted octanol–water partition coefficient (Wildman–Crippen LogP) is 4.87. The number of hydrogen-bond acceptors (Lipinski definition) is 3. The van der Waals surface area contributed by atoms with Gasteiger partial charge in [0.15, 0.2) is 0 Å². The van der Waals surface area contributed by atoms with Crippen molar-refractivity contribution in [1.82, 2.24) is 9.88 Å². The van der Waals surface area contributed by atoms with E-state index in [1.807, 2.05) is 6.20 Å². The van der Waals surface area contributed by atoms with E-state index in [0.717, 1.165) is 17.7 Å². The van der Waals surface area contributed by atoms with E-state index in [9.17, 15) is 0 Å². The molecule has 3 heteroatoms. The normalized spacial score (nSPS) is 40.1. The molecule has 0 spiro atoms. The van der Waals surface area contributed by atoms with Gasteiger partial charge in [0.05, 0.1) is 0 Å². The van der Waals surface area contributed by atoms with E-state index in [-0.39, 0.29) is 0 Å². The summed E-state index contributed by atoms with van der Waals surface area (Å²) in [5.74, 6) is 3.14. The Morgan fingerprint density at radius 2 is 1.85 bits per heavy atom. The third-order valence-corrected chi connectivity index (χ3v) is 7.88. The van der Waals surface area contributed by atoms with Gasteiger partial charge in [0, 0.05) is 31.9 Å². The van der Waals surface area contributed by atoms with E-state index in [4.69, 9.17) is 0 Å². The van der Waals surface area contributed by atoms with Crippen LogP contribution in [0.3, 0.4) is 0 Å². The van der Waals surface area contributed by atoms with Crippen molar-refractivity contribution in [3.63, 3.8) is 0 Å². The molecule has 1 saturated heterocycles. The van der Waals surface area contributed by atoms with Crippen molar-refractivity contribution in [2.24, 2.45) is 22.7 Å². The summed E-state index contributed by atoms with van der Waals surface area (Å²) in [6.45, 7) is 8.60. The molecule has 2 heterocycles. The summed E-state index contributed by atoms with van der Waals surface area (Å²) in [6.07, 6.45) is 13.7. The summed E-state index contributed by atoms with van der Waals surface area (Å²) >= 11 is 0. The minimum atomic E-state index is 0.593. The quantitative estimate of drug-likeness (QED) is 0.837. The molecule has 1 aromatic rings. The third kappa shape index (κ3) is 3.28. The van der Waals surface area contributed by atoms with Crippen molar-refractivity contribution in [1.29, 1.82) is 0 Å². The highest BCUT2D eigenvalue weighted by molar-refractivity contribution is 5.36. The third-order valence-electron chi connectivity index (χ3n) is 7.88. The van der Waals surface area contributed by atoms with Gasteiger partial charge in [-0.2, -0.15) is 0 Å². The Morgan fingerprint density at radius 1 is 1.12 bits per heavy atom. The zero-order valence-corrected chi connectivity index (χ0v) is 16.6. The van der Waals surface area contributed by atoms with Crippen molar-refractivity contribution in [3.05, 3.63) is 23.9 Å². The molecule has 5 fully saturated rings. The van der Waals surface area contributed by atoms with Gasteiger partial charge in [-0.05, 0) is 92.6 Å². The number of rotatable bonds is 4. The molecule has 5 aliphatic rings. The molecule has 2 unspecified atom stereocenters. The number of likely N-dealkylation sites (tertiary alicyclic amines) is 1. The molecule has 1 aliphatic heterocycles. The lowest BCUT2D eigenvalue weighted by molar-refractivity contribution is -0.114. The number of anilines is 1. The lowest BCUT2D eigenvalue weighted by Crippen LogP contribution is -2.55. The molecule has 4 aliphatic carbocycles. The first kappa shape index (κ1) is 17.0. The summed E-state index contributed by atoms with van der Waals surface area (Å²) in [5.41, 5.74) is 2.58. The van der Waals surface area contributed by atoms with Crippen LogP contribution >= 0.6 is 0 Å². The Morgan fingerprint density at radius 3 is 2.46 bits per heavy atom. The average Bonchev–Trinajstić information content (AvgIpc) is 2.56. The summed E-state index contributed by atoms with van der Waals surface area (Å²) in [4.78, 5) is 7.32. The van der Waals surface area contributed by atoms with Gasteiger partial charge in [0.25, 0.3) is 0 Å². The first-order valence-electron chi connectivity index (χ1n) is 10.9. The summed E-state index contributed by atoms with van der Waals surface area (Å²) in [7, 11) is 0. The van der Waals surface area contributed by atoms with Crippen LogP contribution in [0, 0.1) is 29.6 Å². The minimum Gasteiger partial charge on any atom is -0.367 e. The van der Waals surface area contributed by atoms with Gasteiger partial charge < -0.3 is 10.2 Å². The Balaban J connectivity index is 1.17. The number of nitrogens with one attached hydrogen (secondary N) is 1. The molecule has 1 N–H and O–H groups in total. The van der Waals surface area contributed by atoms with Gasteiger partial charge in [-0.3, -0.25) is 0 Å². The summed E-state index contributed by atoms with van der Waals surface area (Å²) < 4.78 is 0.